The summed E-state index contributed by atoms with van der Waals surface area (Å²) in [6.45, 7) is 0. The summed E-state index contributed by atoms with van der Waals surface area (Å²) in [5, 5.41) is 11.4. The molecule has 0 aliphatic heterocycles. The summed E-state index contributed by atoms with van der Waals surface area (Å²) in [7, 11) is 0. The van der Waals surface area contributed by atoms with Crippen LogP contribution >= 0.6 is 0 Å². The normalized spacial score (nSPS) is 15.7. The summed E-state index contributed by atoms with van der Waals surface area (Å²) in [5.41, 5.74) is 24.8. The zero-order valence-electron chi connectivity index (χ0n) is 28.1. The summed E-state index contributed by atoms with van der Waals surface area (Å²) in [4.78, 5) is 0. The van der Waals surface area contributed by atoms with Gasteiger partial charge in [-0.05, 0) is 107 Å². The number of nitrogens with two attached hydrogens (primary N) is 2. The molecule has 0 radical (unpaired) electrons. The van der Waals surface area contributed by atoms with Gasteiger partial charge < -0.3 is 21.4 Å². The number of nitrogens with zero attached hydrogens (tertiary/aromatic N) is 1. The summed E-state index contributed by atoms with van der Waals surface area (Å²) >= 11 is 0. The van der Waals surface area contributed by atoms with Gasteiger partial charge in [-0.15, -0.1) is 0 Å². The molecule has 1 atom stereocenters. The van der Waals surface area contributed by atoms with Gasteiger partial charge in [0.15, 0.2) is 0 Å². The van der Waals surface area contributed by atoms with Gasteiger partial charge in [0.25, 0.3) is 0 Å². The standard InChI is InChI=1S/C46H40N4/c47-40-19-9-10-20-42(40)49-43(25-30-22-23-36(41(48)24-30)31-12-2-1-3-13-31)35-26-34-16-6-7-17-37(34)45(29-35)50-44-21-11-8-18-38(44)39-27-32-14-4-5-15-33(32)28-46(39)50/h1-8,10-18,20-21,24,26-29,43,49H,9,19,22-23,25,47-48H2. The van der Waals surface area contributed by atoms with Crippen LogP contribution in [0.5, 0.6) is 0 Å². The highest BCUT2D eigenvalue weighted by molar-refractivity contribution is 6.14. The van der Waals surface area contributed by atoms with Gasteiger partial charge in [0, 0.05) is 27.6 Å². The van der Waals surface area contributed by atoms with Gasteiger partial charge in [-0.1, -0.05) is 109 Å². The van der Waals surface area contributed by atoms with E-state index >= 15 is 0 Å². The maximum atomic E-state index is 6.77. The predicted molar refractivity (Wildman–Crippen MR) is 211 cm³/mol. The Morgan fingerprint density at radius 3 is 2.16 bits per heavy atom. The molecule has 1 unspecified atom stereocenters. The molecule has 50 heavy (non-hydrogen) atoms. The van der Waals surface area contributed by atoms with Crippen LogP contribution in [0.1, 0.15) is 49.3 Å². The van der Waals surface area contributed by atoms with Crippen molar-refractivity contribution in [3.8, 4) is 5.69 Å². The zero-order valence-corrected chi connectivity index (χ0v) is 28.1. The lowest BCUT2D eigenvalue weighted by atomic mass is 9.86. The molecule has 0 amide bonds. The van der Waals surface area contributed by atoms with Crippen molar-refractivity contribution in [3.63, 3.8) is 0 Å². The maximum Gasteiger partial charge on any atom is 0.0552 e. The minimum Gasteiger partial charge on any atom is -0.400 e. The number of rotatable bonds is 7. The average molecular weight is 649 g/mol. The van der Waals surface area contributed by atoms with Crippen LogP contribution in [0.3, 0.4) is 0 Å². The van der Waals surface area contributed by atoms with Crippen LogP contribution in [0.25, 0.3) is 54.6 Å². The molecule has 9 rings (SSSR count). The van der Waals surface area contributed by atoms with E-state index in [0.717, 1.165) is 49.2 Å². The Hall–Kier alpha value is -6.00. The van der Waals surface area contributed by atoms with Gasteiger partial charge in [-0.2, -0.15) is 0 Å². The summed E-state index contributed by atoms with van der Waals surface area (Å²) in [6, 6.07) is 46.2. The molecule has 4 heteroatoms. The molecular weight excluding hydrogens is 609 g/mol. The maximum absolute atomic E-state index is 6.77. The quantitative estimate of drug-likeness (QED) is 0.161. The Morgan fingerprint density at radius 2 is 1.36 bits per heavy atom. The van der Waals surface area contributed by atoms with E-state index in [0.29, 0.717) is 0 Å². The smallest absolute Gasteiger partial charge is 0.0552 e. The highest BCUT2D eigenvalue weighted by atomic mass is 15.0. The Kier molecular flexibility index (Phi) is 7.50. The van der Waals surface area contributed by atoms with Crippen LogP contribution in [0, 0.1) is 0 Å². The third-order valence-corrected chi connectivity index (χ3v) is 10.6. The van der Waals surface area contributed by atoms with Gasteiger partial charge >= 0.3 is 0 Å². The number of fused-ring (bicyclic) bond motifs is 5. The SMILES string of the molecule is NC1=C(c2ccccc2)CCC(CC(NC2=C(N)CCC=C2)c2cc(-n3c4ccccc4c4cc5ccccc5cc43)c3ccccc3c2)=C1. The summed E-state index contributed by atoms with van der Waals surface area (Å²) in [6.07, 6.45) is 11.1. The highest BCUT2D eigenvalue weighted by Gasteiger charge is 2.23. The second-order valence-electron chi connectivity index (χ2n) is 13.7. The number of benzene rings is 6. The second-order valence-corrected chi connectivity index (χ2v) is 13.7. The number of hydrogen-bond acceptors (Lipinski definition) is 3. The fourth-order valence-electron chi connectivity index (χ4n) is 8.06. The molecule has 4 nitrogen and oxygen atoms in total. The van der Waals surface area contributed by atoms with E-state index in [4.69, 9.17) is 11.5 Å². The van der Waals surface area contributed by atoms with Gasteiger partial charge in [0.1, 0.15) is 0 Å². The fraction of sp³-hybridized carbons (Fsp3) is 0.130. The predicted octanol–water partition coefficient (Wildman–Crippen LogP) is 10.7. The molecule has 0 fully saturated rings. The van der Waals surface area contributed by atoms with Gasteiger partial charge in [-0.3, -0.25) is 0 Å². The van der Waals surface area contributed by atoms with Crippen molar-refractivity contribution in [1.82, 2.24) is 9.88 Å². The van der Waals surface area contributed by atoms with E-state index in [-0.39, 0.29) is 6.04 Å². The molecule has 244 valence electrons. The van der Waals surface area contributed by atoms with Crippen LogP contribution in [0.2, 0.25) is 0 Å². The molecule has 1 heterocycles. The Morgan fingerprint density at radius 1 is 0.640 bits per heavy atom. The first-order chi connectivity index (χ1) is 24.6. The second kappa shape index (κ2) is 12.5. The monoisotopic (exact) mass is 648 g/mol. The van der Waals surface area contributed by atoms with Crippen molar-refractivity contribution in [2.45, 2.75) is 38.1 Å². The Bertz CT molecular complexity index is 2560. The topological polar surface area (TPSA) is 69.0 Å². The van der Waals surface area contributed by atoms with Gasteiger partial charge in [-0.25, -0.2) is 0 Å². The first kappa shape index (κ1) is 30.1. The number of aromatic nitrogens is 1. The Balaban J connectivity index is 1.23. The van der Waals surface area contributed by atoms with Crippen molar-refractivity contribution in [2.75, 3.05) is 0 Å². The number of nitrogens with one attached hydrogen (secondary N) is 1. The van der Waals surface area contributed by atoms with Gasteiger partial charge in [0.2, 0.25) is 0 Å². The van der Waals surface area contributed by atoms with Crippen molar-refractivity contribution >= 4 is 48.9 Å². The van der Waals surface area contributed by atoms with Crippen LogP contribution in [0.4, 0.5) is 0 Å². The minimum absolute atomic E-state index is 0.0131. The summed E-state index contributed by atoms with van der Waals surface area (Å²) < 4.78 is 2.47. The molecule has 0 spiro atoms. The van der Waals surface area contributed by atoms with Crippen molar-refractivity contribution in [3.05, 3.63) is 179 Å². The van der Waals surface area contributed by atoms with Crippen LogP contribution in [-0.2, 0) is 0 Å². The van der Waals surface area contributed by atoms with Gasteiger partial charge in [0.05, 0.1) is 28.5 Å². The van der Waals surface area contributed by atoms with E-state index in [9.17, 15) is 0 Å². The first-order valence-corrected chi connectivity index (χ1v) is 17.7. The number of para-hydroxylation sites is 1. The fourth-order valence-corrected chi connectivity index (χ4v) is 8.06. The molecule has 2 aliphatic rings. The first-order valence-electron chi connectivity index (χ1n) is 17.7. The minimum atomic E-state index is -0.0131. The molecule has 7 aromatic rings. The van der Waals surface area contributed by atoms with E-state index in [1.54, 1.807) is 0 Å². The molecule has 2 aliphatic carbocycles. The number of hydrogen-bond donors (Lipinski definition) is 3. The van der Waals surface area contributed by atoms with Crippen LogP contribution in [-0.4, -0.2) is 4.57 Å². The summed E-state index contributed by atoms with van der Waals surface area (Å²) in [5.74, 6) is 0. The van der Waals surface area contributed by atoms with Crippen molar-refractivity contribution in [1.29, 1.82) is 0 Å². The molecule has 0 saturated carbocycles. The molecular formula is C46H40N4. The highest BCUT2D eigenvalue weighted by Crippen LogP contribution is 2.40. The van der Waals surface area contributed by atoms with Crippen LogP contribution in [0.15, 0.2) is 168 Å². The van der Waals surface area contributed by atoms with Crippen molar-refractivity contribution in [2.24, 2.45) is 11.5 Å². The van der Waals surface area contributed by atoms with E-state index < -0.39 is 0 Å². The van der Waals surface area contributed by atoms with Crippen LogP contribution < -0.4 is 16.8 Å². The molecule has 0 bridgehead atoms. The largest absolute Gasteiger partial charge is 0.400 e. The number of allylic oxidation sites excluding steroid dienone is 5. The lowest BCUT2D eigenvalue weighted by Crippen LogP contribution is -2.25. The Labute approximate surface area is 292 Å². The molecule has 6 aromatic carbocycles. The lowest BCUT2D eigenvalue weighted by Gasteiger charge is -2.27. The lowest BCUT2D eigenvalue weighted by molar-refractivity contribution is 0.580. The molecule has 0 saturated heterocycles. The third-order valence-electron chi connectivity index (χ3n) is 10.6. The van der Waals surface area contributed by atoms with E-state index in [1.165, 1.54) is 71.3 Å². The molecule has 1 aromatic heterocycles. The van der Waals surface area contributed by atoms with E-state index in [2.05, 4.69) is 156 Å². The third kappa shape index (κ3) is 5.34. The molecule has 5 N–H and O–H groups in total. The van der Waals surface area contributed by atoms with E-state index in [1.807, 2.05) is 0 Å². The van der Waals surface area contributed by atoms with Crippen molar-refractivity contribution < 1.29 is 0 Å². The average Bonchev–Trinajstić information content (AvgIpc) is 3.47. The zero-order chi connectivity index (χ0) is 33.6.